The van der Waals surface area contributed by atoms with Crippen LogP contribution in [-0.4, -0.2) is 16.6 Å². The number of aromatic nitrogens is 2. The lowest BCUT2D eigenvalue weighted by molar-refractivity contribution is -0.141. The van der Waals surface area contributed by atoms with Gasteiger partial charge in [0.05, 0.1) is 6.61 Å². The summed E-state index contributed by atoms with van der Waals surface area (Å²) in [5.41, 5.74) is -1.09. The first-order valence-corrected chi connectivity index (χ1v) is 6.06. The van der Waals surface area contributed by atoms with E-state index in [0.29, 0.717) is 6.61 Å². The van der Waals surface area contributed by atoms with Crippen LogP contribution in [0.25, 0.3) is 0 Å². The van der Waals surface area contributed by atoms with Crippen molar-refractivity contribution in [2.24, 2.45) is 0 Å². The zero-order chi connectivity index (χ0) is 13.6. The molecule has 7 heteroatoms. The maximum Gasteiger partial charge on any atom is 0.433 e. The lowest BCUT2D eigenvalue weighted by Crippen LogP contribution is -2.10. The van der Waals surface area contributed by atoms with Gasteiger partial charge in [-0.05, 0) is 18.0 Å². The van der Waals surface area contributed by atoms with Crippen LogP contribution in [0.2, 0.25) is 5.28 Å². The quantitative estimate of drug-likeness (QED) is 0.582. The smallest absolute Gasteiger partial charge is 0.433 e. The molecule has 0 aromatic carbocycles. The highest BCUT2D eigenvalue weighted by Gasteiger charge is 2.33. The summed E-state index contributed by atoms with van der Waals surface area (Å²) in [5, 5.41) is -0.464. The number of halogens is 4. The summed E-state index contributed by atoms with van der Waals surface area (Å²) in [6, 6.07) is 0.756. The zero-order valence-electron chi connectivity index (χ0n) is 9.93. The predicted molar refractivity (Wildman–Crippen MR) is 61.7 cm³/mol. The minimum Gasteiger partial charge on any atom is -0.478 e. The third kappa shape index (κ3) is 5.08. The van der Waals surface area contributed by atoms with Crippen molar-refractivity contribution in [3.63, 3.8) is 0 Å². The Balaban J connectivity index is 2.58. The number of hydrogen-bond donors (Lipinski definition) is 0. The molecule has 18 heavy (non-hydrogen) atoms. The number of alkyl halides is 3. The van der Waals surface area contributed by atoms with E-state index in [-0.39, 0.29) is 5.88 Å². The zero-order valence-corrected chi connectivity index (χ0v) is 10.7. The van der Waals surface area contributed by atoms with Crippen LogP contribution >= 0.6 is 11.6 Å². The van der Waals surface area contributed by atoms with Gasteiger partial charge in [-0.1, -0.05) is 26.2 Å². The van der Waals surface area contributed by atoms with Gasteiger partial charge < -0.3 is 4.74 Å². The van der Waals surface area contributed by atoms with Crippen LogP contribution in [0.15, 0.2) is 6.07 Å². The Hall–Kier alpha value is -1.04. The van der Waals surface area contributed by atoms with Gasteiger partial charge in [-0.3, -0.25) is 0 Å². The molecule has 0 saturated heterocycles. The second kappa shape index (κ2) is 6.78. The van der Waals surface area contributed by atoms with Gasteiger partial charge in [0, 0.05) is 6.07 Å². The molecular weight excluding hydrogens is 269 g/mol. The lowest BCUT2D eigenvalue weighted by atomic mass is 10.2. The Morgan fingerprint density at radius 3 is 2.56 bits per heavy atom. The standard InChI is InChI=1S/C11H14ClF3N2O/c1-2-3-4-5-6-18-9-7-8(11(13,14)15)16-10(12)17-9/h7H,2-6H2,1H3. The molecular formula is C11H14ClF3N2O. The van der Waals surface area contributed by atoms with Gasteiger partial charge in [0.2, 0.25) is 11.2 Å². The van der Waals surface area contributed by atoms with Gasteiger partial charge in [0.25, 0.3) is 0 Å². The third-order valence-electron chi connectivity index (χ3n) is 2.21. The number of rotatable bonds is 6. The SMILES string of the molecule is CCCCCCOc1cc(C(F)(F)F)nc(Cl)n1. The minimum atomic E-state index is -4.55. The monoisotopic (exact) mass is 282 g/mol. The molecule has 0 saturated carbocycles. The molecule has 1 aromatic rings. The first-order chi connectivity index (χ1) is 8.43. The summed E-state index contributed by atoms with van der Waals surface area (Å²) in [6.45, 7) is 2.39. The topological polar surface area (TPSA) is 35.0 Å². The summed E-state index contributed by atoms with van der Waals surface area (Å²) in [5.74, 6) is -0.140. The average Bonchev–Trinajstić information content (AvgIpc) is 2.27. The van der Waals surface area contributed by atoms with Crippen LogP contribution in [0.1, 0.15) is 38.3 Å². The largest absolute Gasteiger partial charge is 0.478 e. The van der Waals surface area contributed by atoms with Crippen LogP contribution in [0.5, 0.6) is 5.88 Å². The summed E-state index contributed by atoms with van der Waals surface area (Å²) < 4.78 is 42.4. The van der Waals surface area contributed by atoms with Crippen molar-refractivity contribution >= 4 is 11.6 Å². The molecule has 0 fully saturated rings. The molecule has 0 N–H and O–H groups in total. The first kappa shape index (κ1) is 15.0. The van der Waals surface area contributed by atoms with E-state index in [9.17, 15) is 13.2 Å². The number of ether oxygens (including phenoxy) is 1. The van der Waals surface area contributed by atoms with Crippen LogP contribution in [-0.2, 0) is 6.18 Å². The van der Waals surface area contributed by atoms with Gasteiger partial charge in [-0.15, -0.1) is 0 Å². The van der Waals surface area contributed by atoms with Gasteiger partial charge in [-0.2, -0.15) is 18.2 Å². The van der Waals surface area contributed by atoms with Crippen LogP contribution in [0.4, 0.5) is 13.2 Å². The summed E-state index contributed by atoms with van der Waals surface area (Å²) >= 11 is 5.42. The van der Waals surface area contributed by atoms with Crippen molar-refractivity contribution in [2.45, 2.75) is 38.8 Å². The highest BCUT2D eigenvalue weighted by molar-refractivity contribution is 6.28. The Bertz CT molecular complexity index is 385. The molecule has 1 aromatic heterocycles. The second-order valence-corrected chi connectivity index (χ2v) is 4.11. The number of unbranched alkanes of at least 4 members (excludes halogenated alkanes) is 3. The highest BCUT2D eigenvalue weighted by Crippen LogP contribution is 2.30. The van der Waals surface area contributed by atoms with E-state index < -0.39 is 17.2 Å². The van der Waals surface area contributed by atoms with Crippen molar-refractivity contribution in [3.05, 3.63) is 17.0 Å². The van der Waals surface area contributed by atoms with Crippen LogP contribution in [0.3, 0.4) is 0 Å². The van der Waals surface area contributed by atoms with E-state index in [1.54, 1.807) is 0 Å². The fourth-order valence-electron chi connectivity index (χ4n) is 1.32. The van der Waals surface area contributed by atoms with Gasteiger partial charge in [-0.25, -0.2) is 4.98 Å². The average molecular weight is 283 g/mol. The fourth-order valence-corrected chi connectivity index (χ4v) is 1.50. The number of nitrogens with zero attached hydrogens (tertiary/aromatic N) is 2. The van der Waals surface area contributed by atoms with Crippen LogP contribution < -0.4 is 4.74 Å². The van der Waals surface area contributed by atoms with E-state index in [4.69, 9.17) is 16.3 Å². The normalized spacial score (nSPS) is 11.6. The third-order valence-corrected chi connectivity index (χ3v) is 2.38. The molecule has 0 spiro atoms. The van der Waals surface area contributed by atoms with Crippen molar-refractivity contribution in [2.75, 3.05) is 6.61 Å². The van der Waals surface area contributed by atoms with E-state index in [0.717, 1.165) is 31.7 Å². The molecule has 1 rings (SSSR count). The maximum absolute atomic E-state index is 12.4. The molecule has 0 atom stereocenters. The maximum atomic E-state index is 12.4. The van der Waals surface area contributed by atoms with Gasteiger partial charge in [0.1, 0.15) is 0 Å². The molecule has 0 aliphatic heterocycles. The lowest BCUT2D eigenvalue weighted by Gasteiger charge is -2.09. The summed E-state index contributed by atoms with van der Waals surface area (Å²) in [7, 11) is 0. The molecule has 0 unspecified atom stereocenters. The Kier molecular flexibility index (Phi) is 5.65. The summed E-state index contributed by atoms with van der Waals surface area (Å²) in [6.07, 6.45) is -0.648. The van der Waals surface area contributed by atoms with Crippen molar-refractivity contribution in [1.82, 2.24) is 9.97 Å². The summed E-state index contributed by atoms with van der Waals surface area (Å²) in [4.78, 5) is 6.71. The fraction of sp³-hybridized carbons (Fsp3) is 0.636. The Labute approximate surface area is 108 Å². The van der Waals surface area contributed by atoms with E-state index >= 15 is 0 Å². The molecule has 102 valence electrons. The molecule has 0 amide bonds. The van der Waals surface area contributed by atoms with E-state index in [1.807, 2.05) is 0 Å². The van der Waals surface area contributed by atoms with E-state index in [2.05, 4.69) is 16.9 Å². The predicted octanol–water partition coefficient (Wildman–Crippen LogP) is 4.11. The van der Waals surface area contributed by atoms with Gasteiger partial charge >= 0.3 is 6.18 Å². The molecule has 3 nitrogen and oxygen atoms in total. The van der Waals surface area contributed by atoms with Gasteiger partial charge in [0.15, 0.2) is 5.69 Å². The van der Waals surface area contributed by atoms with Crippen LogP contribution in [0, 0.1) is 0 Å². The molecule has 0 aliphatic rings. The molecule has 0 radical (unpaired) electrons. The molecule has 0 aliphatic carbocycles. The van der Waals surface area contributed by atoms with Crippen molar-refractivity contribution < 1.29 is 17.9 Å². The molecule has 1 heterocycles. The molecule has 0 bridgehead atoms. The van der Waals surface area contributed by atoms with Crippen molar-refractivity contribution in [3.8, 4) is 5.88 Å². The highest BCUT2D eigenvalue weighted by atomic mass is 35.5. The Morgan fingerprint density at radius 2 is 1.94 bits per heavy atom. The minimum absolute atomic E-state index is 0.140. The number of hydrogen-bond acceptors (Lipinski definition) is 3. The van der Waals surface area contributed by atoms with E-state index in [1.165, 1.54) is 0 Å². The Morgan fingerprint density at radius 1 is 1.22 bits per heavy atom. The van der Waals surface area contributed by atoms with Crippen molar-refractivity contribution in [1.29, 1.82) is 0 Å². The second-order valence-electron chi connectivity index (χ2n) is 3.77. The first-order valence-electron chi connectivity index (χ1n) is 5.68.